The molecule has 0 radical (unpaired) electrons. The van der Waals surface area contributed by atoms with Crippen LogP contribution in [0, 0.1) is 5.92 Å². The van der Waals surface area contributed by atoms with Crippen molar-refractivity contribution in [2.45, 2.75) is 19.8 Å². The summed E-state index contributed by atoms with van der Waals surface area (Å²) in [5.74, 6) is 0.136. The minimum Gasteiger partial charge on any atom is -0.371 e. The molecule has 3 rings (SSSR count). The van der Waals surface area contributed by atoms with Crippen molar-refractivity contribution >= 4 is 23.1 Å². The lowest BCUT2D eigenvalue weighted by molar-refractivity contribution is -0.120. The van der Waals surface area contributed by atoms with Crippen molar-refractivity contribution in [3.05, 3.63) is 60.2 Å². The molecule has 0 bridgehead atoms. The van der Waals surface area contributed by atoms with Crippen molar-refractivity contribution in [3.8, 4) is 0 Å². The van der Waals surface area contributed by atoms with Gasteiger partial charge < -0.3 is 10.2 Å². The number of rotatable bonds is 4. The summed E-state index contributed by atoms with van der Waals surface area (Å²) >= 11 is 0. The number of amides is 1. The Morgan fingerprint density at radius 1 is 0.958 bits per heavy atom. The van der Waals surface area contributed by atoms with E-state index in [-0.39, 0.29) is 17.6 Å². The van der Waals surface area contributed by atoms with Gasteiger partial charge in [-0.05, 0) is 56.2 Å². The highest BCUT2D eigenvalue weighted by Crippen LogP contribution is 2.24. The second-order valence-corrected chi connectivity index (χ2v) is 6.22. The van der Waals surface area contributed by atoms with Gasteiger partial charge in [0.1, 0.15) is 0 Å². The number of nitrogens with zero attached hydrogens (tertiary/aromatic N) is 1. The number of Topliss-reactive ketones (excluding diaryl/α,β-unsaturated/α-hetero) is 1. The van der Waals surface area contributed by atoms with E-state index in [1.54, 1.807) is 24.3 Å². The van der Waals surface area contributed by atoms with Gasteiger partial charge in [0.05, 0.1) is 0 Å². The Balaban J connectivity index is 1.54. The molecular formula is C20H22N2O2. The van der Waals surface area contributed by atoms with Crippen LogP contribution in [-0.4, -0.2) is 24.8 Å². The number of ketones is 1. The Labute approximate surface area is 142 Å². The van der Waals surface area contributed by atoms with Gasteiger partial charge >= 0.3 is 0 Å². The van der Waals surface area contributed by atoms with Crippen LogP contribution in [0.25, 0.3) is 0 Å². The normalized spacial score (nSPS) is 15.1. The van der Waals surface area contributed by atoms with Crippen molar-refractivity contribution in [1.82, 2.24) is 0 Å². The van der Waals surface area contributed by atoms with Crippen LogP contribution in [0.2, 0.25) is 0 Å². The number of hydrogen-bond donors (Lipinski definition) is 1. The standard InChI is InChI=1S/C20H22N2O2/c1-15(23)16-7-9-18(10-8-16)21-20(24)17-11-13-22(14-12-17)19-5-3-2-4-6-19/h2-10,17H,11-14H2,1H3,(H,21,24). The molecular weight excluding hydrogens is 300 g/mol. The first-order chi connectivity index (χ1) is 11.6. The van der Waals surface area contributed by atoms with Gasteiger partial charge in [0.2, 0.25) is 5.91 Å². The van der Waals surface area contributed by atoms with Crippen LogP contribution in [0.3, 0.4) is 0 Å². The first-order valence-corrected chi connectivity index (χ1v) is 8.35. The fraction of sp³-hybridized carbons (Fsp3) is 0.300. The van der Waals surface area contributed by atoms with Crippen molar-refractivity contribution in [2.75, 3.05) is 23.3 Å². The number of hydrogen-bond acceptors (Lipinski definition) is 3. The Kier molecular flexibility index (Phi) is 4.94. The summed E-state index contributed by atoms with van der Waals surface area (Å²) in [7, 11) is 0. The van der Waals surface area contributed by atoms with E-state index >= 15 is 0 Å². The van der Waals surface area contributed by atoms with E-state index in [2.05, 4.69) is 22.3 Å². The number of carbonyl (C=O) groups is 2. The van der Waals surface area contributed by atoms with E-state index in [0.717, 1.165) is 31.6 Å². The van der Waals surface area contributed by atoms with Gasteiger partial charge in [-0.25, -0.2) is 0 Å². The van der Waals surface area contributed by atoms with Crippen LogP contribution in [-0.2, 0) is 4.79 Å². The molecule has 1 amide bonds. The summed E-state index contributed by atoms with van der Waals surface area (Å²) < 4.78 is 0. The summed E-state index contributed by atoms with van der Waals surface area (Å²) in [6.07, 6.45) is 1.71. The Morgan fingerprint density at radius 2 is 1.58 bits per heavy atom. The maximum Gasteiger partial charge on any atom is 0.227 e. The average molecular weight is 322 g/mol. The third kappa shape index (κ3) is 3.82. The van der Waals surface area contributed by atoms with Crippen LogP contribution >= 0.6 is 0 Å². The zero-order valence-corrected chi connectivity index (χ0v) is 13.9. The summed E-state index contributed by atoms with van der Waals surface area (Å²) in [4.78, 5) is 26.0. The van der Waals surface area contributed by atoms with Crippen LogP contribution < -0.4 is 10.2 Å². The van der Waals surface area contributed by atoms with Gasteiger partial charge in [-0.1, -0.05) is 18.2 Å². The molecule has 0 atom stereocenters. The highest BCUT2D eigenvalue weighted by atomic mass is 16.2. The summed E-state index contributed by atoms with van der Waals surface area (Å²) in [5, 5.41) is 2.96. The molecule has 4 heteroatoms. The lowest BCUT2D eigenvalue weighted by atomic mass is 9.95. The summed E-state index contributed by atoms with van der Waals surface area (Å²) in [6, 6.07) is 17.4. The van der Waals surface area contributed by atoms with E-state index in [1.165, 1.54) is 12.6 Å². The molecule has 1 saturated heterocycles. The number of nitrogens with one attached hydrogen (secondary N) is 1. The molecule has 1 fully saturated rings. The molecule has 1 aliphatic rings. The Hall–Kier alpha value is -2.62. The first-order valence-electron chi connectivity index (χ1n) is 8.35. The van der Waals surface area contributed by atoms with Crippen LogP contribution in [0.1, 0.15) is 30.1 Å². The third-order valence-corrected chi connectivity index (χ3v) is 4.55. The molecule has 0 spiro atoms. The molecule has 2 aromatic rings. The second kappa shape index (κ2) is 7.30. The van der Waals surface area contributed by atoms with Crippen LogP contribution in [0.15, 0.2) is 54.6 Å². The maximum atomic E-state index is 12.4. The highest BCUT2D eigenvalue weighted by molar-refractivity contribution is 5.96. The molecule has 0 aromatic heterocycles. The maximum absolute atomic E-state index is 12.4. The van der Waals surface area contributed by atoms with Crippen molar-refractivity contribution in [3.63, 3.8) is 0 Å². The molecule has 124 valence electrons. The zero-order valence-electron chi connectivity index (χ0n) is 13.9. The average Bonchev–Trinajstić information content (AvgIpc) is 2.63. The number of para-hydroxylation sites is 1. The van der Waals surface area contributed by atoms with Crippen LogP contribution in [0.5, 0.6) is 0 Å². The summed E-state index contributed by atoms with van der Waals surface area (Å²) in [6.45, 7) is 3.32. The van der Waals surface area contributed by atoms with E-state index in [1.807, 2.05) is 18.2 Å². The third-order valence-electron chi connectivity index (χ3n) is 4.55. The number of carbonyl (C=O) groups excluding carboxylic acids is 2. The smallest absolute Gasteiger partial charge is 0.227 e. The van der Waals surface area contributed by atoms with Gasteiger partial charge in [-0.15, -0.1) is 0 Å². The first kappa shape index (κ1) is 16.2. The highest BCUT2D eigenvalue weighted by Gasteiger charge is 2.25. The predicted octanol–water partition coefficient (Wildman–Crippen LogP) is 3.74. The molecule has 0 saturated carbocycles. The quantitative estimate of drug-likeness (QED) is 0.872. The molecule has 24 heavy (non-hydrogen) atoms. The van der Waals surface area contributed by atoms with E-state index < -0.39 is 0 Å². The lowest BCUT2D eigenvalue weighted by Gasteiger charge is -2.33. The molecule has 0 aliphatic carbocycles. The SMILES string of the molecule is CC(=O)c1ccc(NC(=O)C2CCN(c3ccccc3)CC2)cc1. The van der Waals surface area contributed by atoms with E-state index in [9.17, 15) is 9.59 Å². The van der Waals surface area contributed by atoms with Gasteiger partial charge in [0.15, 0.2) is 5.78 Å². The van der Waals surface area contributed by atoms with Gasteiger partial charge in [-0.3, -0.25) is 9.59 Å². The Bertz CT molecular complexity index is 702. The van der Waals surface area contributed by atoms with Gasteiger partial charge in [0, 0.05) is 35.9 Å². The van der Waals surface area contributed by atoms with Gasteiger partial charge in [0.25, 0.3) is 0 Å². The lowest BCUT2D eigenvalue weighted by Crippen LogP contribution is -2.38. The minimum atomic E-state index is 0.0289. The minimum absolute atomic E-state index is 0.0289. The monoisotopic (exact) mass is 322 g/mol. The summed E-state index contributed by atoms with van der Waals surface area (Å²) in [5.41, 5.74) is 2.62. The number of anilines is 2. The molecule has 0 unspecified atom stereocenters. The fourth-order valence-electron chi connectivity index (χ4n) is 3.07. The van der Waals surface area contributed by atoms with Crippen molar-refractivity contribution < 1.29 is 9.59 Å². The molecule has 4 nitrogen and oxygen atoms in total. The van der Waals surface area contributed by atoms with Gasteiger partial charge in [-0.2, -0.15) is 0 Å². The molecule has 1 aliphatic heterocycles. The topological polar surface area (TPSA) is 49.4 Å². The molecule has 2 aromatic carbocycles. The number of piperidine rings is 1. The van der Waals surface area contributed by atoms with E-state index in [4.69, 9.17) is 0 Å². The predicted molar refractivity (Wildman–Crippen MR) is 96.5 cm³/mol. The van der Waals surface area contributed by atoms with Crippen molar-refractivity contribution in [1.29, 1.82) is 0 Å². The second-order valence-electron chi connectivity index (χ2n) is 6.22. The van der Waals surface area contributed by atoms with E-state index in [0.29, 0.717) is 5.56 Å². The number of benzene rings is 2. The molecule has 1 N–H and O–H groups in total. The van der Waals surface area contributed by atoms with Crippen molar-refractivity contribution in [2.24, 2.45) is 5.92 Å². The molecule has 1 heterocycles. The zero-order chi connectivity index (χ0) is 16.9. The Morgan fingerprint density at radius 3 is 2.17 bits per heavy atom. The largest absolute Gasteiger partial charge is 0.371 e. The fourth-order valence-corrected chi connectivity index (χ4v) is 3.07. The van der Waals surface area contributed by atoms with Crippen LogP contribution in [0.4, 0.5) is 11.4 Å².